The van der Waals surface area contributed by atoms with Crippen LogP contribution < -0.4 is 15.5 Å². The SMILES string of the molecule is C=CCOc1cccc(/C=N/NC(=S)NCC)c1. The summed E-state index contributed by atoms with van der Waals surface area (Å²) in [4.78, 5) is 0. The lowest BCUT2D eigenvalue weighted by Gasteiger charge is -2.04. The summed E-state index contributed by atoms with van der Waals surface area (Å²) in [5.74, 6) is 0.785. The van der Waals surface area contributed by atoms with Gasteiger partial charge in [-0.1, -0.05) is 24.8 Å². The molecule has 0 aliphatic rings. The van der Waals surface area contributed by atoms with Gasteiger partial charge in [-0.05, 0) is 36.8 Å². The van der Waals surface area contributed by atoms with E-state index in [9.17, 15) is 0 Å². The van der Waals surface area contributed by atoms with Crippen molar-refractivity contribution in [1.29, 1.82) is 0 Å². The Balaban J connectivity index is 2.53. The molecule has 0 atom stereocenters. The van der Waals surface area contributed by atoms with Gasteiger partial charge < -0.3 is 10.1 Å². The van der Waals surface area contributed by atoms with Crippen molar-refractivity contribution in [2.75, 3.05) is 13.2 Å². The van der Waals surface area contributed by atoms with Crippen molar-refractivity contribution in [1.82, 2.24) is 10.7 Å². The van der Waals surface area contributed by atoms with E-state index in [4.69, 9.17) is 17.0 Å². The average Bonchev–Trinajstić information content (AvgIpc) is 2.37. The predicted octanol–water partition coefficient (Wildman–Crippen LogP) is 2.07. The van der Waals surface area contributed by atoms with Gasteiger partial charge in [-0.25, -0.2) is 0 Å². The molecular formula is C13H17N3OS. The zero-order valence-electron chi connectivity index (χ0n) is 10.3. The van der Waals surface area contributed by atoms with E-state index in [-0.39, 0.29) is 0 Å². The summed E-state index contributed by atoms with van der Waals surface area (Å²) >= 11 is 4.98. The predicted molar refractivity (Wildman–Crippen MR) is 79.1 cm³/mol. The van der Waals surface area contributed by atoms with E-state index in [1.165, 1.54) is 0 Å². The van der Waals surface area contributed by atoms with Gasteiger partial charge in [-0.15, -0.1) is 0 Å². The van der Waals surface area contributed by atoms with Crippen molar-refractivity contribution in [3.63, 3.8) is 0 Å². The van der Waals surface area contributed by atoms with Crippen LogP contribution in [0.25, 0.3) is 0 Å². The number of hydrazone groups is 1. The first-order chi connectivity index (χ1) is 8.76. The quantitative estimate of drug-likeness (QED) is 0.357. The van der Waals surface area contributed by atoms with Gasteiger partial charge in [0, 0.05) is 6.54 Å². The highest BCUT2D eigenvalue weighted by molar-refractivity contribution is 7.80. The monoisotopic (exact) mass is 263 g/mol. The molecular weight excluding hydrogens is 246 g/mol. The summed E-state index contributed by atoms with van der Waals surface area (Å²) < 4.78 is 5.42. The Morgan fingerprint density at radius 1 is 1.56 bits per heavy atom. The highest BCUT2D eigenvalue weighted by atomic mass is 32.1. The molecule has 2 N–H and O–H groups in total. The van der Waals surface area contributed by atoms with E-state index in [1.807, 2.05) is 31.2 Å². The smallest absolute Gasteiger partial charge is 0.186 e. The number of hydrogen-bond acceptors (Lipinski definition) is 3. The molecule has 0 bridgehead atoms. The first-order valence-corrected chi connectivity index (χ1v) is 6.07. The third kappa shape index (κ3) is 5.45. The van der Waals surface area contributed by atoms with Crippen LogP contribution in [0.2, 0.25) is 0 Å². The number of rotatable bonds is 6. The Hall–Kier alpha value is -1.88. The Kier molecular flexibility index (Phi) is 6.50. The largest absolute Gasteiger partial charge is 0.490 e. The molecule has 96 valence electrons. The van der Waals surface area contributed by atoms with Gasteiger partial charge >= 0.3 is 0 Å². The maximum Gasteiger partial charge on any atom is 0.186 e. The molecule has 0 saturated carbocycles. The van der Waals surface area contributed by atoms with Crippen LogP contribution in [0.3, 0.4) is 0 Å². The molecule has 0 saturated heterocycles. The molecule has 0 aromatic heterocycles. The lowest BCUT2D eigenvalue weighted by molar-refractivity contribution is 0.363. The second kappa shape index (κ2) is 8.25. The molecule has 4 nitrogen and oxygen atoms in total. The minimum atomic E-state index is 0.489. The molecule has 0 radical (unpaired) electrons. The van der Waals surface area contributed by atoms with E-state index < -0.39 is 0 Å². The fourth-order valence-corrected chi connectivity index (χ4v) is 1.40. The van der Waals surface area contributed by atoms with Gasteiger partial charge in [0.1, 0.15) is 12.4 Å². The summed E-state index contributed by atoms with van der Waals surface area (Å²) in [6.07, 6.45) is 3.39. The first-order valence-electron chi connectivity index (χ1n) is 5.67. The molecule has 1 rings (SSSR count). The van der Waals surface area contributed by atoms with Crippen LogP contribution in [0.4, 0.5) is 0 Å². The van der Waals surface area contributed by atoms with Crippen LogP contribution >= 0.6 is 12.2 Å². The minimum Gasteiger partial charge on any atom is -0.490 e. The topological polar surface area (TPSA) is 45.6 Å². The number of nitrogens with one attached hydrogen (secondary N) is 2. The molecule has 0 fully saturated rings. The van der Waals surface area contributed by atoms with Crippen LogP contribution in [-0.4, -0.2) is 24.5 Å². The molecule has 0 aliphatic carbocycles. The Morgan fingerprint density at radius 3 is 3.11 bits per heavy atom. The molecule has 1 aromatic carbocycles. The number of thiocarbonyl (C=S) groups is 1. The lowest BCUT2D eigenvalue weighted by Crippen LogP contribution is -2.31. The number of hydrogen-bond donors (Lipinski definition) is 2. The normalized spacial score (nSPS) is 10.1. The van der Waals surface area contributed by atoms with Crippen molar-refractivity contribution in [2.24, 2.45) is 5.10 Å². The fraction of sp³-hybridized carbons (Fsp3) is 0.231. The summed E-state index contributed by atoms with van der Waals surface area (Å²) in [6.45, 7) is 6.83. The zero-order valence-corrected chi connectivity index (χ0v) is 11.2. The molecule has 5 heteroatoms. The zero-order chi connectivity index (χ0) is 13.2. The van der Waals surface area contributed by atoms with Gasteiger partial charge in [0.05, 0.1) is 6.21 Å². The standard InChI is InChI=1S/C13H17N3OS/c1-3-8-17-12-7-5-6-11(9-12)10-15-16-13(18)14-4-2/h3,5-7,9-10H,1,4,8H2,2H3,(H2,14,16,18)/b15-10+. The van der Waals surface area contributed by atoms with Crippen LogP contribution in [0.5, 0.6) is 5.75 Å². The van der Waals surface area contributed by atoms with Crippen LogP contribution in [0.15, 0.2) is 42.0 Å². The summed E-state index contributed by atoms with van der Waals surface area (Å²) in [6, 6.07) is 7.62. The van der Waals surface area contributed by atoms with Crippen molar-refractivity contribution >= 4 is 23.5 Å². The maximum absolute atomic E-state index is 5.42. The van der Waals surface area contributed by atoms with E-state index in [0.29, 0.717) is 11.7 Å². The van der Waals surface area contributed by atoms with Crippen LogP contribution in [0.1, 0.15) is 12.5 Å². The summed E-state index contributed by atoms with van der Waals surface area (Å²) in [5.41, 5.74) is 3.66. The maximum atomic E-state index is 5.42. The molecule has 0 spiro atoms. The van der Waals surface area contributed by atoms with Gasteiger partial charge in [0.2, 0.25) is 0 Å². The lowest BCUT2D eigenvalue weighted by atomic mass is 10.2. The third-order valence-electron chi connectivity index (χ3n) is 1.94. The Labute approximate surface area is 113 Å². The number of nitrogens with zero attached hydrogens (tertiary/aromatic N) is 1. The van der Waals surface area contributed by atoms with Gasteiger partial charge in [-0.2, -0.15) is 5.10 Å². The molecule has 18 heavy (non-hydrogen) atoms. The van der Waals surface area contributed by atoms with Gasteiger partial charge in [0.25, 0.3) is 0 Å². The van der Waals surface area contributed by atoms with E-state index in [1.54, 1.807) is 12.3 Å². The molecule has 0 unspecified atom stereocenters. The summed E-state index contributed by atoms with van der Waals surface area (Å²) in [5, 5.41) is 7.48. The highest BCUT2D eigenvalue weighted by Gasteiger charge is 1.94. The van der Waals surface area contributed by atoms with E-state index in [0.717, 1.165) is 17.9 Å². The van der Waals surface area contributed by atoms with Gasteiger partial charge in [0.15, 0.2) is 5.11 Å². The van der Waals surface area contributed by atoms with Gasteiger partial charge in [-0.3, -0.25) is 5.43 Å². The van der Waals surface area contributed by atoms with E-state index in [2.05, 4.69) is 22.4 Å². The van der Waals surface area contributed by atoms with Crippen molar-refractivity contribution < 1.29 is 4.74 Å². The fourth-order valence-electron chi connectivity index (χ4n) is 1.21. The molecule has 0 aliphatic heterocycles. The van der Waals surface area contributed by atoms with Crippen molar-refractivity contribution in [3.05, 3.63) is 42.5 Å². The Morgan fingerprint density at radius 2 is 2.39 bits per heavy atom. The van der Waals surface area contributed by atoms with Crippen LogP contribution in [-0.2, 0) is 0 Å². The molecule has 1 aromatic rings. The average molecular weight is 263 g/mol. The van der Waals surface area contributed by atoms with Crippen LogP contribution in [0, 0.1) is 0 Å². The third-order valence-corrected chi connectivity index (χ3v) is 2.18. The van der Waals surface area contributed by atoms with E-state index >= 15 is 0 Å². The number of benzene rings is 1. The first kappa shape index (κ1) is 14.2. The summed E-state index contributed by atoms with van der Waals surface area (Å²) in [7, 11) is 0. The molecule has 0 heterocycles. The second-order valence-electron chi connectivity index (χ2n) is 3.40. The minimum absolute atomic E-state index is 0.489. The highest BCUT2D eigenvalue weighted by Crippen LogP contribution is 2.11. The Bertz CT molecular complexity index is 432. The second-order valence-corrected chi connectivity index (χ2v) is 3.81. The van der Waals surface area contributed by atoms with Crippen molar-refractivity contribution in [2.45, 2.75) is 6.92 Å². The van der Waals surface area contributed by atoms with Crippen molar-refractivity contribution in [3.8, 4) is 5.75 Å². The molecule has 0 amide bonds. The number of ether oxygens (including phenoxy) is 1.